The second kappa shape index (κ2) is 3.11. The molecule has 0 saturated heterocycles. The van der Waals surface area contributed by atoms with E-state index in [1.165, 1.54) is 11.7 Å². The fraction of sp³-hybridized carbons (Fsp3) is 0.429. The first-order valence-corrected chi connectivity index (χ1v) is 4.34. The zero-order chi connectivity index (χ0) is 7.52. The first-order chi connectivity index (χ1) is 5.47. The Balaban J connectivity index is 2.16. The third-order valence-corrected chi connectivity index (χ3v) is 2.25. The molecule has 1 aromatic rings. The molecule has 0 aromatic carbocycles. The molecule has 1 N–H and O–H groups in total. The molecule has 2 rings (SSSR count). The van der Waals surface area contributed by atoms with Gasteiger partial charge in [0.25, 0.3) is 0 Å². The Morgan fingerprint density at radius 2 is 2.64 bits per heavy atom. The summed E-state index contributed by atoms with van der Waals surface area (Å²) < 4.78 is 8.15. The van der Waals surface area contributed by atoms with E-state index in [4.69, 9.17) is 0 Å². The van der Waals surface area contributed by atoms with Gasteiger partial charge in [0.05, 0.1) is 23.6 Å². The van der Waals surface area contributed by atoms with Crippen molar-refractivity contribution >= 4 is 11.7 Å². The van der Waals surface area contributed by atoms with E-state index >= 15 is 0 Å². The van der Waals surface area contributed by atoms with Gasteiger partial charge in [-0.3, -0.25) is 0 Å². The number of nitrogens with zero attached hydrogens (tertiary/aromatic N) is 2. The van der Waals surface area contributed by atoms with Crippen LogP contribution in [-0.4, -0.2) is 21.8 Å². The first kappa shape index (κ1) is 6.94. The highest BCUT2D eigenvalue weighted by Crippen LogP contribution is 2.15. The summed E-state index contributed by atoms with van der Waals surface area (Å²) in [4.78, 5) is 0. The normalized spacial score (nSPS) is 23.8. The predicted octanol–water partition coefficient (Wildman–Crippen LogP) is 0.781. The van der Waals surface area contributed by atoms with Crippen molar-refractivity contribution in [3.05, 3.63) is 24.0 Å². The van der Waals surface area contributed by atoms with Crippen LogP contribution < -0.4 is 5.32 Å². The van der Waals surface area contributed by atoms with Crippen molar-refractivity contribution in [1.29, 1.82) is 0 Å². The van der Waals surface area contributed by atoms with Gasteiger partial charge < -0.3 is 5.32 Å². The van der Waals surface area contributed by atoms with Crippen LogP contribution in [0.1, 0.15) is 11.6 Å². The number of hydrogen-bond donors (Lipinski definition) is 1. The molecular weight excluding hydrogens is 158 g/mol. The van der Waals surface area contributed by atoms with Gasteiger partial charge in [0.1, 0.15) is 0 Å². The topological polar surface area (TPSA) is 37.8 Å². The van der Waals surface area contributed by atoms with Crippen molar-refractivity contribution in [2.24, 2.45) is 0 Å². The van der Waals surface area contributed by atoms with Gasteiger partial charge in [-0.25, -0.2) is 0 Å². The zero-order valence-electron chi connectivity index (χ0n) is 6.03. The summed E-state index contributed by atoms with van der Waals surface area (Å²) in [5.74, 6) is 0.433. The second-order valence-electron chi connectivity index (χ2n) is 2.53. The van der Waals surface area contributed by atoms with Crippen molar-refractivity contribution < 1.29 is 0 Å². The Hall–Kier alpha value is -0.740. The lowest BCUT2D eigenvalue weighted by Gasteiger charge is -2.14. The van der Waals surface area contributed by atoms with Crippen molar-refractivity contribution in [2.75, 3.05) is 13.1 Å². The van der Waals surface area contributed by atoms with Crippen LogP contribution in [0.5, 0.6) is 0 Å². The largest absolute Gasteiger partial charge is 0.312 e. The average molecular weight is 167 g/mol. The molecule has 11 heavy (non-hydrogen) atoms. The number of nitrogens with one attached hydrogen (secondary N) is 1. The summed E-state index contributed by atoms with van der Waals surface area (Å²) in [5, 5.41) is 3.27. The van der Waals surface area contributed by atoms with Crippen LogP contribution >= 0.6 is 11.7 Å². The zero-order valence-corrected chi connectivity index (χ0v) is 6.84. The van der Waals surface area contributed by atoms with Crippen LogP contribution in [0.25, 0.3) is 0 Å². The Morgan fingerprint density at radius 1 is 1.64 bits per heavy atom. The molecule has 58 valence electrons. The number of rotatable bonds is 1. The lowest BCUT2D eigenvalue weighted by Crippen LogP contribution is -2.24. The van der Waals surface area contributed by atoms with Crippen LogP contribution in [-0.2, 0) is 0 Å². The van der Waals surface area contributed by atoms with Crippen LogP contribution in [0.15, 0.2) is 18.3 Å². The van der Waals surface area contributed by atoms with Gasteiger partial charge in [0.15, 0.2) is 0 Å². The van der Waals surface area contributed by atoms with E-state index in [0.717, 1.165) is 18.8 Å². The summed E-state index contributed by atoms with van der Waals surface area (Å²) in [7, 11) is 0. The van der Waals surface area contributed by atoms with Gasteiger partial charge in [0, 0.05) is 19.0 Å². The molecule has 1 aliphatic heterocycles. The number of aromatic nitrogens is 2. The Bertz CT molecular complexity index is 242. The van der Waals surface area contributed by atoms with Gasteiger partial charge in [-0.05, 0) is 0 Å². The molecule has 0 bridgehead atoms. The molecule has 0 spiro atoms. The minimum absolute atomic E-state index is 0.433. The van der Waals surface area contributed by atoms with Crippen LogP contribution in [0.4, 0.5) is 0 Å². The molecule has 1 atom stereocenters. The van der Waals surface area contributed by atoms with E-state index in [9.17, 15) is 0 Å². The maximum Gasteiger partial charge on any atom is 0.0824 e. The highest BCUT2D eigenvalue weighted by Gasteiger charge is 2.12. The van der Waals surface area contributed by atoms with E-state index in [1.807, 2.05) is 6.20 Å². The second-order valence-corrected chi connectivity index (χ2v) is 3.08. The maximum atomic E-state index is 4.18. The molecule has 0 saturated carbocycles. The summed E-state index contributed by atoms with van der Waals surface area (Å²) in [6.07, 6.45) is 6.16. The Labute approximate surface area is 69.5 Å². The predicted molar refractivity (Wildman–Crippen MR) is 44.7 cm³/mol. The minimum atomic E-state index is 0.433. The van der Waals surface area contributed by atoms with E-state index in [2.05, 4.69) is 26.2 Å². The Kier molecular flexibility index (Phi) is 1.96. The van der Waals surface area contributed by atoms with E-state index in [0.29, 0.717) is 5.92 Å². The van der Waals surface area contributed by atoms with Crippen LogP contribution in [0.3, 0.4) is 0 Å². The van der Waals surface area contributed by atoms with Crippen molar-refractivity contribution in [2.45, 2.75) is 5.92 Å². The third-order valence-electron chi connectivity index (χ3n) is 1.75. The fourth-order valence-corrected chi connectivity index (χ4v) is 1.64. The van der Waals surface area contributed by atoms with Crippen LogP contribution in [0, 0.1) is 0 Å². The molecule has 0 amide bonds. The van der Waals surface area contributed by atoms with Crippen molar-refractivity contribution in [3.63, 3.8) is 0 Å². The molecule has 0 aliphatic carbocycles. The maximum absolute atomic E-state index is 4.18. The molecule has 0 fully saturated rings. The van der Waals surface area contributed by atoms with E-state index < -0.39 is 0 Å². The molecule has 3 nitrogen and oxygen atoms in total. The van der Waals surface area contributed by atoms with Gasteiger partial charge in [0.2, 0.25) is 0 Å². The molecule has 4 heteroatoms. The third kappa shape index (κ3) is 1.46. The smallest absolute Gasteiger partial charge is 0.0824 e. The van der Waals surface area contributed by atoms with E-state index in [1.54, 1.807) is 0 Å². The van der Waals surface area contributed by atoms with Gasteiger partial charge in [-0.2, -0.15) is 8.75 Å². The molecular formula is C7H9N3S. The standard InChI is InChI=1S/C7H9N3S/c1-2-6(4-8-3-1)7-5-9-11-10-7/h1-2,5-6,8H,3-4H2. The summed E-state index contributed by atoms with van der Waals surface area (Å²) in [6, 6.07) is 0. The van der Waals surface area contributed by atoms with Crippen molar-refractivity contribution in [1.82, 2.24) is 14.1 Å². The molecule has 1 aliphatic rings. The first-order valence-electron chi connectivity index (χ1n) is 3.61. The Morgan fingerprint density at radius 3 is 3.27 bits per heavy atom. The quantitative estimate of drug-likeness (QED) is 0.628. The lowest BCUT2D eigenvalue weighted by atomic mass is 10.0. The van der Waals surface area contributed by atoms with Crippen molar-refractivity contribution in [3.8, 4) is 0 Å². The SMILES string of the molecule is C1=CC(c2cnsn2)CNC1. The monoisotopic (exact) mass is 167 g/mol. The highest BCUT2D eigenvalue weighted by atomic mass is 32.1. The molecule has 1 aromatic heterocycles. The summed E-state index contributed by atoms with van der Waals surface area (Å²) >= 11 is 1.27. The number of hydrogen-bond acceptors (Lipinski definition) is 4. The molecule has 1 unspecified atom stereocenters. The molecule has 2 heterocycles. The average Bonchev–Trinajstić information content (AvgIpc) is 2.58. The minimum Gasteiger partial charge on any atom is -0.312 e. The molecule has 0 radical (unpaired) electrons. The van der Waals surface area contributed by atoms with E-state index in [-0.39, 0.29) is 0 Å². The summed E-state index contributed by atoms with van der Waals surface area (Å²) in [6.45, 7) is 1.97. The fourth-order valence-electron chi connectivity index (χ4n) is 1.16. The van der Waals surface area contributed by atoms with Crippen LogP contribution in [0.2, 0.25) is 0 Å². The van der Waals surface area contributed by atoms with Gasteiger partial charge in [-0.1, -0.05) is 12.2 Å². The highest BCUT2D eigenvalue weighted by molar-refractivity contribution is 6.99. The summed E-state index contributed by atoms with van der Waals surface area (Å²) in [5.41, 5.74) is 1.08. The lowest BCUT2D eigenvalue weighted by molar-refractivity contribution is 0.654. The van der Waals surface area contributed by atoms with Gasteiger partial charge >= 0.3 is 0 Å². The van der Waals surface area contributed by atoms with Gasteiger partial charge in [-0.15, -0.1) is 0 Å².